The third-order valence-electron chi connectivity index (χ3n) is 2.75. The van der Waals surface area contributed by atoms with Crippen LogP contribution in [0.15, 0.2) is 23.2 Å². The third kappa shape index (κ3) is 3.39. The SMILES string of the molecule is CCCC1CN=C(Nc2ccc(C)c(Cl)c2)S1. The minimum atomic E-state index is 0.642. The number of nitrogens with zero attached hydrogens (tertiary/aromatic N) is 1. The summed E-state index contributed by atoms with van der Waals surface area (Å²) in [5.41, 5.74) is 2.12. The van der Waals surface area contributed by atoms with E-state index in [1.165, 1.54) is 12.8 Å². The molecule has 92 valence electrons. The first-order chi connectivity index (χ1) is 8.19. The highest BCUT2D eigenvalue weighted by atomic mass is 35.5. The van der Waals surface area contributed by atoms with Crippen LogP contribution in [0.3, 0.4) is 0 Å². The summed E-state index contributed by atoms with van der Waals surface area (Å²) in [5, 5.41) is 5.78. The van der Waals surface area contributed by atoms with Crippen molar-refractivity contribution in [2.45, 2.75) is 31.9 Å². The van der Waals surface area contributed by atoms with Gasteiger partial charge in [0, 0.05) is 16.0 Å². The van der Waals surface area contributed by atoms with E-state index in [9.17, 15) is 0 Å². The smallest absolute Gasteiger partial charge is 0.161 e. The highest BCUT2D eigenvalue weighted by molar-refractivity contribution is 8.15. The van der Waals surface area contributed by atoms with Crippen LogP contribution in [0.1, 0.15) is 25.3 Å². The van der Waals surface area contributed by atoms with Gasteiger partial charge in [0.25, 0.3) is 0 Å². The lowest BCUT2D eigenvalue weighted by molar-refractivity contribution is 0.754. The molecule has 0 aliphatic carbocycles. The highest BCUT2D eigenvalue weighted by Crippen LogP contribution is 2.27. The van der Waals surface area contributed by atoms with Gasteiger partial charge in [-0.05, 0) is 31.0 Å². The Bertz CT molecular complexity index is 431. The van der Waals surface area contributed by atoms with Crippen molar-refractivity contribution in [3.8, 4) is 0 Å². The number of thioether (sulfide) groups is 1. The zero-order valence-electron chi connectivity index (χ0n) is 10.2. The average Bonchev–Trinajstić information content (AvgIpc) is 2.72. The maximum atomic E-state index is 6.09. The van der Waals surface area contributed by atoms with Crippen LogP contribution in [-0.2, 0) is 0 Å². The summed E-state index contributed by atoms with van der Waals surface area (Å²) in [6.07, 6.45) is 2.45. The van der Waals surface area contributed by atoms with E-state index in [4.69, 9.17) is 11.6 Å². The molecule has 1 aromatic carbocycles. The molecule has 1 aliphatic rings. The van der Waals surface area contributed by atoms with Crippen molar-refractivity contribution in [2.24, 2.45) is 4.99 Å². The van der Waals surface area contributed by atoms with E-state index in [0.717, 1.165) is 28.0 Å². The van der Waals surface area contributed by atoms with Crippen LogP contribution in [0.5, 0.6) is 0 Å². The Hall–Kier alpha value is -0.670. The summed E-state index contributed by atoms with van der Waals surface area (Å²) < 4.78 is 0. The number of rotatable bonds is 3. The van der Waals surface area contributed by atoms with E-state index in [0.29, 0.717) is 5.25 Å². The molecule has 1 N–H and O–H groups in total. The summed E-state index contributed by atoms with van der Waals surface area (Å²) >= 11 is 7.93. The minimum Gasteiger partial charge on any atom is -0.335 e. The largest absolute Gasteiger partial charge is 0.335 e. The number of nitrogens with one attached hydrogen (secondary N) is 1. The first-order valence-electron chi connectivity index (χ1n) is 5.93. The molecule has 0 saturated carbocycles. The minimum absolute atomic E-state index is 0.642. The number of anilines is 1. The van der Waals surface area contributed by atoms with Crippen LogP contribution in [-0.4, -0.2) is 17.0 Å². The lowest BCUT2D eigenvalue weighted by Gasteiger charge is -2.08. The first kappa shape index (κ1) is 12.8. The molecule has 1 unspecified atom stereocenters. The van der Waals surface area contributed by atoms with Crippen molar-refractivity contribution < 1.29 is 0 Å². The Labute approximate surface area is 112 Å². The van der Waals surface area contributed by atoms with Crippen LogP contribution in [0, 0.1) is 6.92 Å². The number of aryl methyl sites for hydroxylation is 1. The molecule has 0 bridgehead atoms. The van der Waals surface area contributed by atoms with Crippen LogP contribution >= 0.6 is 23.4 Å². The van der Waals surface area contributed by atoms with Crippen LogP contribution in [0.2, 0.25) is 5.02 Å². The van der Waals surface area contributed by atoms with Crippen LogP contribution in [0.4, 0.5) is 5.69 Å². The van der Waals surface area contributed by atoms with E-state index in [-0.39, 0.29) is 0 Å². The average molecular weight is 269 g/mol. The summed E-state index contributed by atoms with van der Waals surface area (Å²) in [5.74, 6) is 0. The number of hydrogen-bond donors (Lipinski definition) is 1. The van der Waals surface area contributed by atoms with Gasteiger partial charge >= 0.3 is 0 Å². The van der Waals surface area contributed by atoms with Crippen molar-refractivity contribution in [1.29, 1.82) is 0 Å². The van der Waals surface area contributed by atoms with Gasteiger partial charge in [-0.3, -0.25) is 4.99 Å². The lowest BCUT2D eigenvalue weighted by Crippen LogP contribution is -2.07. The van der Waals surface area contributed by atoms with Gasteiger partial charge in [-0.15, -0.1) is 0 Å². The van der Waals surface area contributed by atoms with Crippen molar-refractivity contribution in [3.05, 3.63) is 28.8 Å². The third-order valence-corrected chi connectivity index (χ3v) is 4.33. The molecule has 0 aromatic heterocycles. The maximum Gasteiger partial charge on any atom is 0.161 e. The molecule has 1 heterocycles. The van der Waals surface area contributed by atoms with Gasteiger partial charge in [0.1, 0.15) is 0 Å². The summed E-state index contributed by atoms with van der Waals surface area (Å²) in [6, 6.07) is 6.01. The molecule has 0 fully saturated rings. The number of amidine groups is 1. The summed E-state index contributed by atoms with van der Waals surface area (Å²) in [6.45, 7) is 5.15. The lowest BCUT2D eigenvalue weighted by atomic mass is 10.2. The van der Waals surface area contributed by atoms with E-state index in [2.05, 4.69) is 17.2 Å². The second kappa shape index (κ2) is 5.78. The van der Waals surface area contributed by atoms with E-state index in [1.807, 2.05) is 36.9 Å². The molecular weight excluding hydrogens is 252 g/mol. The van der Waals surface area contributed by atoms with Crippen molar-refractivity contribution in [1.82, 2.24) is 0 Å². The van der Waals surface area contributed by atoms with Gasteiger partial charge in [0.15, 0.2) is 5.17 Å². The normalized spacial score (nSPS) is 19.2. The van der Waals surface area contributed by atoms with Crippen molar-refractivity contribution >= 4 is 34.2 Å². The standard InChI is InChI=1S/C13H17ClN2S/c1-3-4-11-8-15-13(17-11)16-10-6-5-9(2)12(14)7-10/h5-7,11H,3-4,8H2,1-2H3,(H,15,16). The van der Waals surface area contributed by atoms with E-state index in [1.54, 1.807) is 0 Å². The maximum absolute atomic E-state index is 6.09. The number of hydrogen-bond acceptors (Lipinski definition) is 3. The van der Waals surface area contributed by atoms with Crippen molar-refractivity contribution in [3.63, 3.8) is 0 Å². The molecule has 2 rings (SSSR count). The quantitative estimate of drug-likeness (QED) is 0.882. The monoisotopic (exact) mass is 268 g/mol. The Morgan fingerprint density at radius 3 is 3.06 bits per heavy atom. The van der Waals surface area contributed by atoms with Gasteiger partial charge in [-0.1, -0.05) is 42.8 Å². The van der Waals surface area contributed by atoms with Gasteiger partial charge < -0.3 is 5.32 Å². The van der Waals surface area contributed by atoms with Crippen molar-refractivity contribution in [2.75, 3.05) is 11.9 Å². The Morgan fingerprint density at radius 1 is 1.53 bits per heavy atom. The van der Waals surface area contributed by atoms with Gasteiger partial charge in [0.2, 0.25) is 0 Å². The number of aliphatic imine (C=N–C) groups is 1. The fourth-order valence-electron chi connectivity index (χ4n) is 1.75. The van der Waals surface area contributed by atoms with Gasteiger partial charge in [0.05, 0.1) is 6.54 Å². The Morgan fingerprint density at radius 2 is 2.35 bits per heavy atom. The Kier molecular flexibility index (Phi) is 4.35. The molecule has 4 heteroatoms. The second-order valence-corrected chi connectivity index (χ2v) is 5.96. The molecule has 0 spiro atoms. The predicted octanol–water partition coefficient (Wildman–Crippen LogP) is 4.33. The molecule has 0 saturated heterocycles. The molecular formula is C13H17ClN2S. The number of halogens is 1. The molecule has 1 aromatic rings. The fraction of sp³-hybridized carbons (Fsp3) is 0.462. The van der Waals surface area contributed by atoms with Crippen LogP contribution < -0.4 is 5.32 Å². The predicted molar refractivity (Wildman–Crippen MR) is 78.4 cm³/mol. The molecule has 1 aliphatic heterocycles. The van der Waals surface area contributed by atoms with E-state index >= 15 is 0 Å². The van der Waals surface area contributed by atoms with E-state index < -0.39 is 0 Å². The van der Waals surface area contributed by atoms with Gasteiger partial charge in [-0.2, -0.15) is 0 Å². The fourth-order valence-corrected chi connectivity index (χ4v) is 3.08. The zero-order valence-corrected chi connectivity index (χ0v) is 11.7. The molecule has 0 radical (unpaired) electrons. The topological polar surface area (TPSA) is 24.4 Å². The zero-order chi connectivity index (χ0) is 12.3. The Balaban J connectivity index is 1.96. The molecule has 17 heavy (non-hydrogen) atoms. The second-order valence-electron chi connectivity index (χ2n) is 4.26. The molecule has 2 nitrogen and oxygen atoms in total. The highest BCUT2D eigenvalue weighted by Gasteiger charge is 2.18. The molecule has 0 amide bonds. The first-order valence-corrected chi connectivity index (χ1v) is 7.19. The number of benzene rings is 1. The van der Waals surface area contributed by atoms with Gasteiger partial charge in [-0.25, -0.2) is 0 Å². The summed E-state index contributed by atoms with van der Waals surface area (Å²) in [7, 11) is 0. The molecule has 1 atom stereocenters. The van der Waals surface area contributed by atoms with Crippen LogP contribution in [0.25, 0.3) is 0 Å². The summed E-state index contributed by atoms with van der Waals surface area (Å²) in [4.78, 5) is 4.51.